The van der Waals surface area contributed by atoms with Crippen molar-refractivity contribution >= 4 is 5.84 Å². The average molecular weight is 216 g/mol. The van der Waals surface area contributed by atoms with Crippen molar-refractivity contribution in [1.29, 1.82) is 0 Å². The highest BCUT2D eigenvalue weighted by atomic mass is 16.6. The molecule has 0 spiro atoms. The van der Waals surface area contributed by atoms with Crippen molar-refractivity contribution in [3.63, 3.8) is 0 Å². The molecule has 3 N–H and O–H groups in total. The topological polar surface area (TPSA) is 77.1 Å². The molecule has 0 aromatic carbocycles. The van der Waals surface area contributed by atoms with Crippen molar-refractivity contribution in [2.75, 3.05) is 19.8 Å². The summed E-state index contributed by atoms with van der Waals surface area (Å²) in [6.07, 6.45) is 2.02. The normalized spacial score (nSPS) is 18.9. The lowest BCUT2D eigenvalue weighted by Crippen LogP contribution is -2.36. The van der Waals surface area contributed by atoms with Crippen molar-refractivity contribution < 1.29 is 14.7 Å². The van der Waals surface area contributed by atoms with Crippen LogP contribution >= 0.6 is 0 Å². The smallest absolute Gasteiger partial charge is 0.144 e. The van der Waals surface area contributed by atoms with Gasteiger partial charge in [0.05, 0.1) is 13.2 Å². The maximum Gasteiger partial charge on any atom is 0.144 e. The van der Waals surface area contributed by atoms with Gasteiger partial charge in [-0.3, -0.25) is 0 Å². The van der Waals surface area contributed by atoms with Crippen molar-refractivity contribution in [2.45, 2.75) is 32.8 Å². The number of hydrogen-bond donors (Lipinski definition) is 2. The van der Waals surface area contributed by atoms with E-state index in [2.05, 4.69) is 5.16 Å². The van der Waals surface area contributed by atoms with Gasteiger partial charge < -0.3 is 20.4 Å². The molecule has 1 aliphatic rings. The highest BCUT2D eigenvalue weighted by molar-refractivity contribution is 5.85. The molecule has 15 heavy (non-hydrogen) atoms. The van der Waals surface area contributed by atoms with Crippen molar-refractivity contribution in [3.8, 4) is 0 Å². The molecule has 0 aliphatic carbocycles. The molecule has 1 saturated heterocycles. The minimum Gasteiger partial charge on any atom is -0.409 e. The fraction of sp³-hybridized carbons (Fsp3) is 0.900. The van der Waals surface area contributed by atoms with E-state index in [1.807, 2.05) is 13.8 Å². The largest absolute Gasteiger partial charge is 0.409 e. The van der Waals surface area contributed by atoms with Gasteiger partial charge in [0.1, 0.15) is 11.9 Å². The molecule has 1 heterocycles. The van der Waals surface area contributed by atoms with Gasteiger partial charge >= 0.3 is 0 Å². The first-order chi connectivity index (χ1) is 7.06. The molecule has 1 rings (SSSR count). The zero-order valence-corrected chi connectivity index (χ0v) is 9.40. The van der Waals surface area contributed by atoms with Crippen LogP contribution < -0.4 is 5.73 Å². The summed E-state index contributed by atoms with van der Waals surface area (Å²) in [7, 11) is 0. The Bertz CT molecular complexity index is 225. The molecule has 0 aromatic heterocycles. The average Bonchev–Trinajstić information content (AvgIpc) is 2.13. The van der Waals surface area contributed by atoms with E-state index >= 15 is 0 Å². The van der Waals surface area contributed by atoms with E-state index in [0.717, 1.165) is 12.8 Å². The monoisotopic (exact) mass is 216 g/mol. The van der Waals surface area contributed by atoms with Gasteiger partial charge in [-0.1, -0.05) is 19.0 Å². The Morgan fingerprint density at radius 1 is 1.60 bits per heavy atom. The summed E-state index contributed by atoms with van der Waals surface area (Å²) >= 11 is 0. The number of ether oxygens (including phenoxy) is 2. The third-order valence-corrected chi connectivity index (χ3v) is 2.71. The van der Waals surface area contributed by atoms with Gasteiger partial charge in [-0.05, 0) is 12.8 Å². The fourth-order valence-corrected chi connectivity index (χ4v) is 1.34. The van der Waals surface area contributed by atoms with Crippen molar-refractivity contribution in [2.24, 2.45) is 16.3 Å². The summed E-state index contributed by atoms with van der Waals surface area (Å²) in [6.45, 7) is 6.03. The molecule has 1 fully saturated rings. The van der Waals surface area contributed by atoms with Crippen LogP contribution in [0.15, 0.2) is 5.16 Å². The molecular weight excluding hydrogens is 196 g/mol. The molecule has 1 aliphatic heterocycles. The maximum atomic E-state index is 8.58. The van der Waals surface area contributed by atoms with Crippen LogP contribution in [0.25, 0.3) is 0 Å². The first-order valence-electron chi connectivity index (χ1n) is 5.23. The van der Waals surface area contributed by atoms with Gasteiger partial charge in [0.2, 0.25) is 0 Å². The Morgan fingerprint density at radius 2 is 2.27 bits per heavy atom. The second kappa shape index (κ2) is 5.32. The molecule has 5 heteroatoms. The molecule has 5 nitrogen and oxygen atoms in total. The van der Waals surface area contributed by atoms with E-state index in [9.17, 15) is 0 Å². The highest BCUT2D eigenvalue weighted by Gasteiger charge is 2.24. The van der Waals surface area contributed by atoms with Crippen LogP contribution in [-0.2, 0) is 9.47 Å². The van der Waals surface area contributed by atoms with E-state index in [1.54, 1.807) is 0 Å². The Hall–Kier alpha value is -0.810. The molecule has 0 bridgehead atoms. The molecule has 88 valence electrons. The minimum absolute atomic E-state index is 0.270. The summed E-state index contributed by atoms with van der Waals surface area (Å²) in [4.78, 5) is 0. The van der Waals surface area contributed by atoms with Crippen LogP contribution in [-0.4, -0.2) is 37.0 Å². The van der Waals surface area contributed by atoms with Gasteiger partial charge in [-0.2, -0.15) is 0 Å². The van der Waals surface area contributed by atoms with Gasteiger partial charge in [0.25, 0.3) is 0 Å². The van der Waals surface area contributed by atoms with Gasteiger partial charge in [0.15, 0.2) is 0 Å². The number of rotatable bonds is 6. The molecule has 0 amide bonds. The number of nitrogens with two attached hydrogens (primary N) is 1. The van der Waals surface area contributed by atoms with Crippen LogP contribution in [0.1, 0.15) is 26.7 Å². The zero-order chi connectivity index (χ0) is 11.3. The fourth-order valence-electron chi connectivity index (χ4n) is 1.34. The third kappa shape index (κ3) is 3.68. The zero-order valence-electron chi connectivity index (χ0n) is 9.40. The Morgan fingerprint density at radius 3 is 2.73 bits per heavy atom. The predicted octanol–water partition coefficient (Wildman–Crippen LogP) is 0.955. The summed E-state index contributed by atoms with van der Waals surface area (Å²) in [5.41, 5.74) is 5.30. The molecule has 0 unspecified atom stereocenters. The lowest BCUT2D eigenvalue weighted by Gasteiger charge is -2.27. The van der Waals surface area contributed by atoms with E-state index in [1.165, 1.54) is 0 Å². The SMILES string of the molecule is CC(C)(CCCOC1COC1)C(N)=NO. The van der Waals surface area contributed by atoms with Crippen LogP contribution in [0.2, 0.25) is 0 Å². The first-order valence-corrected chi connectivity index (χ1v) is 5.23. The van der Waals surface area contributed by atoms with Crippen LogP contribution in [0.4, 0.5) is 0 Å². The summed E-state index contributed by atoms with van der Waals surface area (Å²) in [5.74, 6) is 0.273. The van der Waals surface area contributed by atoms with Crippen molar-refractivity contribution in [1.82, 2.24) is 0 Å². The van der Waals surface area contributed by atoms with E-state index in [0.29, 0.717) is 19.8 Å². The summed E-state index contributed by atoms with van der Waals surface area (Å²) in [5, 5.41) is 11.6. The van der Waals surface area contributed by atoms with Crippen molar-refractivity contribution in [3.05, 3.63) is 0 Å². The second-order valence-electron chi connectivity index (χ2n) is 4.50. The highest BCUT2D eigenvalue weighted by Crippen LogP contribution is 2.22. The molecule has 0 atom stereocenters. The van der Waals surface area contributed by atoms with Crippen LogP contribution in [0, 0.1) is 5.41 Å². The van der Waals surface area contributed by atoms with Gasteiger partial charge in [0, 0.05) is 12.0 Å². The van der Waals surface area contributed by atoms with E-state index in [4.69, 9.17) is 20.4 Å². The first kappa shape index (κ1) is 12.3. The Kier molecular flexibility index (Phi) is 4.35. The number of hydrogen-bond acceptors (Lipinski definition) is 4. The maximum absolute atomic E-state index is 8.58. The quantitative estimate of drug-likeness (QED) is 0.228. The molecule has 0 aromatic rings. The third-order valence-electron chi connectivity index (χ3n) is 2.71. The van der Waals surface area contributed by atoms with Gasteiger partial charge in [-0.25, -0.2) is 0 Å². The van der Waals surface area contributed by atoms with Gasteiger partial charge in [-0.15, -0.1) is 0 Å². The molecular formula is C10H20N2O3. The molecule has 0 saturated carbocycles. The van der Waals surface area contributed by atoms with E-state index in [-0.39, 0.29) is 17.4 Å². The van der Waals surface area contributed by atoms with Crippen LogP contribution in [0.5, 0.6) is 0 Å². The Labute approximate surface area is 90.2 Å². The predicted molar refractivity (Wildman–Crippen MR) is 57.0 cm³/mol. The summed E-state index contributed by atoms with van der Waals surface area (Å²) < 4.78 is 10.5. The summed E-state index contributed by atoms with van der Waals surface area (Å²) in [6, 6.07) is 0. The Balaban J connectivity index is 2.12. The second-order valence-corrected chi connectivity index (χ2v) is 4.50. The molecule has 0 radical (unpaired) electrons. The minimum atomic E-state index is -0.270. The van der Waals surface area contributed by atoms with Crippen LogP contribution in [0.3, 0.4) is 0 Å². The number of amidine groups is 1. The standard InChI is InChI=1S/C10H20N2O3/c1-10(2,9(11)12-13)4-3-5-15-8-6-14-7-8/h8,13H,3-7H2,1-2H3,(H2,11,12). The lowest BCUT2D eigenvalue weighted by molar-refractivity contribution is -0.130. The number of oxime groups is 1. The number of nitrogens with zero attached hydrogens (tertiary/aromatic N) is 1. The lowest BCUT2D eigenvalue weighted by atomic mass is 9.87. The van der Waals surface area contributed by atoms with E-state index < -0.39 is 0 Å².